The minimum absolute atomic E-state index is 0.00678. The van der Waals surface area contributed by atoms with E-state index in [1.54, 1.807) is 11.3 Å². The third-order valence-corrected chi connectivity index (χ3v) is 5.26. The number of hydrogen-bond acceptors (Lipinski definition) is 6. The third kappa shape index (κ3) is 2.80. The highest BCUT2D eigenvalue weighted by molar-refractivity contribution is 7.13. The number of rotatable bonds is 2. The smallest absolute Gasteiger partial charge is 0.257 e. The second-order valence-electron chi connectivity index (χ2n) is 5.88. The zero-order chi connectivity index (χ0) is 16.5. The molecular formula is C17H19N3O3S. The van der Waals surface area contributed by atoms with E-state index in [1.807, 2.05) is 30.0 Å². The first kappa shape index (κ1) is 15.3. The van der Waals surface area contributed by atoms with Gasteiger partial charge in [-0.2, -0.15) is 0 Å². The van der Waals surface area contributed by atoms with Gasteiger partial charge in [-0.3, -0.25) is 4.79 Å². The van der Waals surface area contributed by atoms with Crippen molar-refractivity contribution >= 4 is 22.4 Å². The van der Waals surface area contributed by atoms with E-state index in [1.165, 1.54) is 0 Å². The maximum Gasteiger partial charge on any atom is 0.257 e. The van der Waals surface area contributed by atoms with Crippen molar-refractivity contribution in [3.8, 4) is 11.5 Å². The third-order valence-electron chi connectivity index (χ3n) is 4.24. The molecule has 6 nitrogen and oxygen atoms in total. The summed E-state index contributed by atoms with van der Waals surface area (Å²) < 4.78 is 11.2. The van der Waals surface area contributed by atoms with E-state index >= 15 is 0 Å². The summed E-state index contributed by atoms with van der Waals surface area (Å²) in [5.74, 6) is 1.24. The van der Waals surface area contributed by atoms with Crippen LogP contribution < -0.4 is 14.4 Å². The maximum absolute atomic E-state index is 12.9. The number of benzene rings is 1. The zero-order valence-electron chi connectivity index (χ0n) is 13.5. The molecule has 0 atom stereocenters. The molecule has 2 aliphatic heterocycles. The van der Waals surface area contributed by atoms with Crippen LogP contribution in [0, 0.1) is 6.92 Å². The number of carbonyl (C=O) groups is 1. The fourth-order valence-corrected chi connectivity index (χ4v) is 3.86. The summed E-state index contributed by atoms with van der Waals surface area (Å²) in [4.78, 5) is 21.5. The molecule has 0 bridgehead atoms. The first-order valence-electron chi connectivity index (χ1n) is 8.07. The van der Waals surface area contributed by atoms with Gasteiger partial charge in [0.2, 0.25) is 0 Å². The van der Waals surface area contributed by atoms with E-state index in [0.29, 0.717) is 43.4 Å². The van der Waals surface area contributed by atoms with Crippen molar-refractivity contribution in [1.82, 2.24) is 9.88 Å². The summed E-state index contributed by atoms with van der Waals surface area (Å²) in [5.41, 5.74) is 1.63. The predicted octanol–water partition coefficient (Wildman–Crippen LogP) is 2.19. The van der Waals surface area contributed by atoms with E-state index in [4.69, 9.17) is 9.47 Å². The second kappa shape index (κ2) is 6.32. The Balaban J connectivity index is 1.47. The Kier molecular flexibility index (Phi) is 4.02. The number of aromatic nitrogens is 1. The van der Waals surface area contributed by atoms with Crippen molar-refractivity contribution in [2.75, 3.05) is 44.3 Å². The summed E-state index contributed by atoms with van der Waals surface area (Å²) in [5, 5.41) is 3.09. The normalized spacial score (nSPS) is 17.0. The summed E-state index contributed by atoms with van der Waals surface area (Å²) in [6, 6.07) is 5.50. The quantitative estimate of drug-likeness (QED) is 0.835. The van der Waals surface area contributed by atoms with Crippen LogP contribution in [-0.4, -0.2) is 55.2 Å². The Morgan fingerprint density at radius 1 is 1.17 bits per heavy atom. The summed E-state index contributed by atoms with van der Waals surface area (Å²) in [6.45, 7) is 5.96. The van der Waals surface area contributed by atoms with E-state index in [0.717, 1.165) is 23.9 Å². The van der Waals surface area contributed by atoms with Crippen molar-refractivity contribution in [1.29, 1.82) is 0 Å². The number of carbonyl (C=O) groups excluding carboxylic acids is 1. The minimum atomic E-state index is 0.00678. The van der Waals surface area contributed by atoms with Crippen molar-refractivity contribution in [2.24, 2.45) is 0 Å². The van der Waals surface area contributed by atoms with Crippen LogP contribution in [0.15, 0.2) is 23.6 Å². The van der Waals surface area contributed by atoms with Crippen LogP contribution in [0.5, 0.6) is 11.5 Å². The number of aryl methyl sites for hydroxylation is 1. The van der Waals surface area contributed by atoms with Crippen molar-refractivity contribution in [2.45, 2.75) is 6.92 Å². The number of fused-ring (bicyclic) bond motifs is 1. The van der Waals surface area contributed by atoms with Gasteiger partial charge in [0.05, 0.1) is 11.3 Å². The Morgan fingerprint density at radius 2 is 1.96 bits per heavy atom. The molecule has 0 radical (unpaired) electrons. The lowest BCUT2D eigenvalue weighted by Crippen LogP contribution is -2.48. The molecule has 126 valence electrons. The number of nitrogens with zero attached hydrogens (tertiary/aromatic N) is 3. The molecule has 0 aliphatic carbocycles. The van der Waals surface area contributed by atoms with Crippen LogP contribution >= 0.6 is 11.3 Å². The van der Waals surface area contributed by atoms with Gasteiger partial charge in [0.15, 0.2) is 16.6 Å². The molecule has 0 N–H and O–H groups in total. The van der Waals surface area contributed by atoms with E-state index < -0.39 is 0 Å². The van der Waals surface area contributed by atoms with Crippen LogP contribution in [-0.2, 0) is 0 Å². The largest absolute Gasteiger partial charge is 0.486 e. The highest BCUT2D eigenvalue weighted by Crippen LogP contribution is 2.34. The molecule has 1 fully saturated rings. The van der Waals surface area contributed by atoms with Gasteiger partial charge in [0, 0.05) is 31.6 Å². The van der Waals surface area contributed by atoms with Gasteiger partial charge in [-0.15, -0.1) is 11.3 Å². The maximum atomic E-state index is 12.9. The number of thiazole rings is 1. The van der Waals surface area contributed by atoms with Crippen LogP contribution in [0.25, 0.3) is 0 Å². The van der Waals surface area contributed by atoms with Gasteiger partial charge in [-0.25, -0.2) is 4.98 Å². The standard InChI is InChI=1S/C17H19N3O3S/c1-12-11-24-17(18-12)20-7-5-19(6-8-20)16(21)13-3-2-4-14-15(13)23-10-9-22-14/h2-4,11H,5-10H2,1H3. The monoisotopic (exact) mass is 345 g/mol. The Morgan fingerprint density at radius 3 is 2.71 bits per heavy atom. The predicted molar refractivity (Wildman–Crippen MR) is 92.4 cm³/mol. The topological polar surface area (TPSA) is 54.9 Å². The first-order valence-corrected chi connectivity index (χ1v) is 8.95. The molecule has 4 rings (SSSR count). The number of amides is 1. The van der Waals surface area contributed by atoms with E-state index in [-0.39, 0.29) is 5.91 Å². The number of para-hydroxylation sites is 1. The van der Waals surface area contributed by atoms with Crippen LogP contribution in [0.4, 0.5) is 5.13 Å². The van der Waals surface area contributed by atoms with Crippen molar-refractivity contribution < 1.29 is 14.3 Å². The van der Waals surface area contributed by atoms with Gasteiger partial charge in [-0.05, 0) is 19.1 Å². The number of piperazine rings is 1. The van der Waals surface area contributed by atoms with Crippen molar-refractivity contribution in [3.05, 3.63) is 34.8 Å². The molecule has 1 amide bonds. The summed E-state index contributed by atoms with van der Waals surface area (Å²) in [6.07, 6.45) is 0. The highest BCUT2D eigenvalue weighted by Gasteiger charge is 2.27. The molecule has 2 aliphatic rings. The molecule has 1 aromatic heterocycles. The Bertz CT molecular complexity index is 753. The summed E-state index contributed by atoms with van der Waals surface area (Å²) in [7, 11) is 0. The molecule has 2 aromatic rings. The molecule has 1 saturated heterocycles. The van der Waals surface area contributed by atoms with E-state index in [9.17, 15) is 4.79 Å². The van der Waals surface area contributed by atoms with Gasteiger partial charge in [-0.1, -0.05) is 6.07 Å². The van der Waals surface area contributed by atoms with E-state index in [2.05, 4.69) is 15.3 Å². The van der Waals surface area contributed by atoms with Crippen LogP contribution in [0.1, 0.15) is 16.1 Å². The molecule has 1 aromatic carbocycles. The van der Waals surface area contributed by atoms with Gasteiger partial charge in [0.25, 0.3) is 5.91 Å². The lowest BCUT2D eigenvalue weighted by Gasteiger charge is -2.35. The average molecular weight is 345 g/mol. The van der Waals surface area contributed by atoms with Gasteiger partial charge in [0.1, 0.15) is 13.2 Å². The first-order chi connectivity index (χ1) is 11.7. The van der Waals surface area contributed by atoms with Crippen LogP contribution in [0.2, 0.25) is 0 Å². The number of anilines is 1. The molecule has 24 heavy (non-hydrogen) atoms. The fourth-order valence-electron chi connectivity index (χ4n) is 3.00. The molecule has 0 unspecified atom stereocenters. The lowest BCUT2D eigenvalue weighted by molar-refractivity contribution is 0.0736. The molecular weight excluding hydrogens is 326 g/mol. The molecule has 0 spiro atoms. The average Bonchev–Trinajstić information content (AvgIpc) is 3.07. The summed E-state index contributed by atoms with van der Waals surface area (Å²) >= 11 is 1.66. The molecule has 7 heteroatoms. The van der Waals surface area contributed by atoms with Crippen molar-refractivity contribution in [3.63, 3.8) is 0 Å². The zero-order valence-corrected chi connectivity index (χ0v) is 14.3. The lowest BCUT2D eigenvalue weighted by atomic mass is 10.1. The number of ether oxygens (including phenoxy) is 2. The SMILES string of the molecule is Cc1csc(N2CCN(C(=O)c3cccc4c3OCCO4)CC2)n1. The Labute approximate surface area is 144 Å². The highest BCUT2D eigenvalue weighted by atomic mass is 32.1. The van der Waals surface area contributed by atoms with Gasteiger partial charge >= 0.3 is 0 Å². The van der Waals surface area contributed by atoms with Gasteiger partial charge < -0.3 is 19.3 Å². The van der Waals surface area contributed by atoms with Crippen LogP contribution in [0.3, 0.4) is 0 Å². The molecule has 0 saturated carbocycles. The fraction of sp³-hybridized carbons (Fsp3) is 0.412. The number of hydrogen-bond donors (Lipinski definition) is 0. The minimum Gasteiger partial charge on any atom is -0.486 e. The Hall–Kier alpha value is -2.28. The molecule has 3 heterocycles. The second-order valence-corrected chi connectivity index (χ2v) is 6.72.